The zero-order chi connectivity index (χ0) is 10.4. The van der Waals surface area contributed by atoms with Crippen LogP contribution in [0.2, 0.25) is 0 Å². The smallest absolute Gasteiger partial charge is 0.0442 e. The fourth-order valence-electron chi connectivity index (χ4n) is 2.73. The summed E-state index contributed by atoms with van der Waals surface area (Å²) in [6.07, 6.45) is 6.41. The molecule has 0 amide bonds. The molecule has 3 rings (SSSR count). The van der Waals surface area contributed by atoms with Crippen molar-refractivity contribution in [3.8, 4) is 0 Å². The minimum absolute atomic E-state index is 0.688. The lowest BCUT2D eigenvalue weighted by molar-refractivity contribution is 0.264. The molecular formula is C12H14BrNS. The predicted octanol–water partition coefficient (Wildman–Crippen LogP) is 3.76. The number of likely N-dealkylation sites (N-methyl/N-ethyl adjacent to an activating group) is 1. The van der Waals surface area contributed by atoms with Crippen molar-refractivity contribution in [3.63, 3.8) is 0 Å². The van der Waals surface area contributed by atoms with Crippen molar-refractivity contribution in [2.75, 3.05) is 7.05 Å². The van der Waals surface area contributed by atoms with Crippen molar-refractivity contribution in [1.82, 2.24) is 4.90 Å². The second-order valence-electron chi connectivity index (χ2n) is 4.46. The summed E-state index contributed by atoms with van der Waals surface area (Å²) in [6, 6.07) is 3.62. The monoisotopic (exact) mass is 283 g/mol. The van der Waals surface area contributed by atoms with Crippen LogP contribution < -0.4 is 0 Å². The third-order valence-corrected chi connectivity index (χ3v) is 5.57. The molecule has 2 bridgehead atoms. The van der Waals surface area contributed by atoms with Gasteiger partial charge >= 0.3 is 0 Å². The van der Waals surface area contributed by atoms with E-state index in [4.69, 9.17) is 0 Å². The number of nitrogens with zero attached hydrogens (tertiary/aromatic N) is 1. The van der Waals surface area contributed by atoms with Gasteiger partial charge in [0, 0.05) is 21.4 Å². The van der Waals surface area contributed by atoms with Crippen LogP contribution in [0.25, 0.3) is 5.57 Å². The van der Waals surface area contributed by atoms with Gasteiger partial charge in [-0.25, -0.2) is 0 Å². The SMILES string of the molecule is CN1C2C=C(c3sccc3Br)CC1CC2. The largest absolute Gasteiger partial charge is 0.297 e. The number of fused-ring (bicyclic) bond motifs is 2. The lowest BCUT2D eigenvalue weighted by Gasteiger charge is -2.30. The quantitative estimate of drug-likeness (QED) is 0.759. The first-order valence-electron chi connectivity index (χ1n) is 5.41. The fraction of sp³-hybridized carbons (Fsp3) is 0.500. The Hall–Kier alpha value is -0.120. The average Bonchev–Trinajstić information content (AvgIpc) is 2.70. The van der Waals surface area contributed by atoms with Crippen LogP contribution >= 0.6 is 27.3 Å². The Bertz CT molecular complexity index is 410. The highest BCUT2D eigenvalue weighted by molar-refractivity contribution is 9.10. The van der Waals surface area contributed by atoms with E-state index in [-0.39, 0.29) is 0 Å². The molecule has 1 saturated heterocycles. The Balaban J connectivity index is 1.97. The van der Waals surface area contributed by atoms with Crippen molar-refractivity contribution in [1.29, 1.82) is 0 Å². The first kappa shape index (κ1) is 10.1. The normalized spacial score (nSPS) is 30.7. The van der Waals surface area contributed by atoms with E-state index >= 15 is 0 Å². The maximum Gasteiger partial charge on any atom is 0.0442 e. The highest BCUT2D eigenvalue weighted by Crippen LogP contribution is 2.41. The van der Waals surface area contributed by atoms with E-state index in [0.717, 1.165) is 6.04 Å². The van der Waals surface area contributed by atoms with E-state index < -0.39 is 0 Å². The standard InChI is InChI=1S/C12H14BrNS/c1-14-9-2-3-10(14)7-8(6-9)12-11(13)4-5-15-12/h4-6,9-10H,2-3,7H2,1H3. The Morgan fingerprint density at radius 1 is 1.47 bits per heavy atom. The molecule has 0 spiro atoms. The fourth-order valence-corrected chi connectivity index (χ4v) is 4.40. The summed E-state index contributed by atoms with van der Waals surface area (Å²) < 4.78 is 1.27. The van der Waals surface area contributed by atoms with E-state index in [1.54, 1.807) is 5.57 Å². The summed E-state index contributed by atoms with van der Waals surface area (Å²) in [5.41, 5.74) is 1.56. The molecule has 1 nitrogen and oxygen atoms in total. The number of rotatable bonds is 1. The number of hydrogen-bond acceptors (Lipinski definition) is 2. The zero-order valence-corrected chi connectivity index (χ0v) is 11.1. The number of thiophene rings is 1. The minimum atomic E-state index is 0.688. The molecule has 0 saturated carbocycles. The lowest BCUT2D eigenvalue weighted by Crippen LogP contribution is -2.34. The van der Waals surface area contributed by atoms with Crippen molar-refractivity contribution in [2.24, 2.45) is 0 Å². The molecule has 2 unspecified atom stereocenters. The van der Waals surface area contributed by atoms with E-state index in [1.807, 2.05) is 11.3 Å². The Labute approximate surface area is 103 Å². The van der Waals surface area contributed by atoms with Gasteiger partial charge in [0.2, 0.25) is 0 Å². The van der Waals surface area contributed by atoms with Gasteiger partial charge in [-0.1, -0.05) is 6.08 Å². The van der Waals surface area contributed by atoms with Gasteiger partial charge in [0.05, 0.1) is 0 Å². The van der Waals surface area contributed by atoms with Crippen LogP contribution in [0.5, 0.6) is 0 Å². The van der Waals surface area contributed by atoms with Crippen LogP contribution in [0.1, 0.15) is 24.1 Å². The molecule has 1 aromatic rings. The second-order valence-corrected chi connectivity index (χ2v) is 6.23. The summed E-state index contributed by atoms with van der Waals surface area (Å²) in [6.45, 7) is 0. The Kier molecular flexibility index (Phi) is 2.49. The molecule has 3 heteroatoms. The van der Waals surface area contributed by atoms with Gasteiger partial charge in [-0.15, -0.1) is 11.3 Å². The van der Waals surface area contributed by atoms with Gasteiger partial charge in [-0.3, -0.25) is 4.90 Å². The van der Waals surface area contributed by atoms with Crippen LogP contribution in [-0.2, 0) is 0 Å². The summed E-state index contributed by atoms with van der Waals surface area (Å²) in [7, 11) is 2.26. The van der Waals surface area contributed by atoms with E-state index in [1.165, 1.54) is 28.6 Å². The molecule has 0 radical (unpaired) electrons. The summed E-state index contributed by atoms with van der Waals surface area (Å²) >= 11 is 5.49. The molecule has 0 aromatic carbocycles. The Morgan fingerprint density at radius 3 is 3.00 bits per heavy atom. The molecule has 3 heterocycles. The Morgan fingerprint density at radius 2 is 2.33 bits per heavy atom. The van der Waals surface area contributed by atoms with Gasteiger partial charge in [0.25, 0.3) is 0 Å². The highest BCUT2D eigenvalue weighted by Gasteiger charge is 2.34. The molecule has 80 valence electrons. The molecule has 15 heavy (non-hydrogen) atoms. The second kappa shape index (κ2) is 3.72. The van der Waals surface area contributed by atoms with Crippen molar-refractivity contribution in [2.45, 2.75) is 31.3 Å². The van der Waals surface area contributed by atoms with Gasteiger partial charge in [0.1, 0.15) is 0 Å². The first-order chi connectivity index (χ1) is 7.25. The summed E-state index contributed by atoms with van der Waals surface area (Å²) in [5.74, 6) is 0. The zero-order valence-electron chi connectivity index (χ0n) is 8.74. The number of halogens is 1. The summed E-state index contributed by atoms with van der Waals surface area (Å²) in [5, 5.41) is 2.17. The summed E-state index contributed by atoms with van der Waals surface area (Å²) in [4.78, 5) is 3.98. The maximum absolute atomic E-state index is 3.63. The van der Waals surface area contributed by atoms with Crippen LogP contribution in [0.15, 0.2) is 22.0 Å². The van der Waals surface area contributed by atoms with Gasteiger partial charge < -0.3 is 0 Å². The average molecular weight is 284 g/mol. The van der Waals surface area contributed by atoms with Crippen molar-refractivity contribution >= 4 is 32.8 Å². The van der Waals surface area contributed by atoms with Crippen molar-refractivity contribution < 1.29 is 0 Å². The molecule has 2 aliphatic rings. The highest BCUT2D eigenvalue weighted by atomic mass is 79.9. The molecule has 0 N–H and O–H groups in total. The first-order valence-corrected chi connectivity index (χ1v) is 7.09. The van der Waals surface area contributed by atoms with Gasteiger partial charge in [0.15, 0.2) is 0 Å². The van der Waals surface area contributed by atoms with Crippen molar-refractivity contribution in [3.05, 3.63) is 26.9 Å². The molecule has 1 fully saturated rings. The molecule has 2 aliphatic heterocycles. The van der Waals surface area contributed by atoms with Crippen LogP contribution in [0, 0.1) is 0 Å². The van der Waals surface area contributed by atoms with Gasteiger partial charge in [-0.2, -0.15) is 0 Å². The number of hydrogen-bond donors (Lipinski definition) is 0. The topological polar surface area (TPSA) is 3.24 Å². The lowest BCUT2D eigenvalue weighted by atomic mass is 10.0. The minimum Gasteiger partial charge on any atom is -0.297 e. The van der Waals surface area contributed by atoms with E-state index in [2.05, 4.69) is 45.4 Å². The third kappa shape index (κ3) is 1.61. The molecule has 2 atom stereocenters. The third-order valence-electron chi connectivity index (χ3n) is 3.65. The predicted molar refractivity (Wildman–Crippen MR) is 69.2 cm³/mol. The molecular weight excluding hydrogens is 270 g/mol. The van der Waals surface area contributed by atoms with Crippen LogP contribution in [0.4, 0.5) is 0 Å². The van der Waals surface area contributed by atoms with E-state index in [0.29, 0.717) is 6.04 Å². The van der Waals surface area contributed by atoms with Gasteiger partial charge in [-0.05, 0) is 59.3 Å². The molecule has 0 aliphatic carbocycles. The van der Waals surface area contributed by atoms with E-state index in [9.17, 15) is 0 Å². The van der Waals surface area contributed by atoms with Crippen LogP contribution in [0.3, 0.4) is 0 Å². The maximum atomic E-state index is 3.63. The van der Waals surface area contributed by atoms with Crippen LogP contribution in [-0.4, -0.2) is 24.0 Å². The molecule has 1 aromatic heterocycles.